The molecule has 0 aromatic rings. The molecule has 0 heterocycles. The van der Waals surface area contributed by atoms with E-state index in [-0.39, 0.29) is 12.7 Å². The van der Waals surface area contributed by atoms with E-state index < -0.39 is 18.2 Å². The van der Waals surface area contributed by atoms with Crippen LogP contribution in [0.25, 0.3) is 0 Å². The quantitative estimate of drug-likeness (QED) is 0.517. The number of hydrogen-bond acceptors (Lipinski definition) is 5. The van der Waals surface area contributed by atoms with Gasteiger partial charge in [0, 0.05) is 0 Å². The fourth-order valence-electron chi connectivity index (χ4n) is 0.531. The first kappa shape index (κ1) is 12.0. The SMILES string of the molecule is CCOC(=O)[C@H](C)OC(=O)OCCl. The van der Waals surface area contributed by atoms with Gasteiger partial charge in [0.15, 0.2) is 12.2 Å². The number of esters is 1. The molecule has 0 aliphatic rings. The van der Waals surface area contributed by atoms with Crippen LogP contribution in [0.15, 0.2) is 0 Å². The van der Waals surface area contributed by atoms with Crippen molar-refractivity contribution in [1.29, 1.82) is 0 Å². The van der Waals surface area contributed by atoms with Crippen LogP contribution in [-0.4, -0.2) is 30.9 Å². The zero-order chi connectivity index (χ0) is 10.3. The van der Waals surface area contributed by atoms with Crippen molar-refractivity contribution in [2.75, 3.05) is 12.7 Å². The molecule has 0 spiro atoms. The summed E-state index contributed by atoms with van der Waals surface area (Å²) in [7, 11) is 0. The van der Waals surface area contributed by atoms with Crippen molar-refractivity contribution in [3.05, 3.63) is 0 Å². The Morgan fingerprint density at radius 3 is 2.46 bits per heavy atom. The lowest BCUT2D eigenvalue weighted by Crippen LogP contribution is -2.26. The summed E-state index contributed by atoms with van der Waals surface area (Å²) in [6, 6.07) is -0.311. The summed E-state index contributed by atoms with van der Waals surface area (Å²) in [5.74, 6) is -0.617. The molecule has 6 heteroatoms. The molecule has 0 radical (unpaired) electrons. The van der Waals surface area contributed by atoms with Crippen LogP contribution < -0.4 is 0 Å². The molecule has 13 heavy (non-hydrogen) atoms. The van der Waals surface area contributed by atoms with Gasteiger partial charge in [0.25, 0.3) is 0 Å². The van der Waals surface area contributed by atoms with Crippen LogP contribution in [-0.2, 0) is 19.0 Å². The Labute approximate surface area is 80.9 Å². The Kier molecular flexibility index (Phi) is 6.05. The average molecular weight is 211 g/mol. The lowest BCUT2D eigenvalue weighted by atomic mass is 10.4. The second-order valence-electron chi connectivity index (χ2n) is 2.02. The molecule has 0 rings (SSSR count). The zero-order valence-corrected chi connectivity index (χ0v) is 8.17. The Balaban J connectivity index is 3.78. The molecule has 0 amide bonds. The summed E-state index contributed by atoms with van der Waals surface area (Å²) in [5.41, 5.74) is 0. The molecule has 0 bridgehead atoms. The Morgan fingerprint density at radius 2 is 2.00 bits per heavy atom. The van der Waals surface area contributed by atoms with Gasteiger partial charge in [-0.25, -0.2) is 9.59 Å². The van der Waals surface area contributed by atoms with Crippen LogP contribution >= 0.6 is 11.6 Å². The average Bonchev–Trinajstić information content (AvgIpc) is 2.05. The number of carbonyl (C=O) groups excluding carboxylic acids is 2. The molecule has 0 fully saturated rings. The third-order valence-corrected chi connectivity index (χ3v) is 1.17. The first-order chi connectivity index (χ1) is 6.11. The van der Waals surface area contributed by atoms with Crippen LogP contribution in [0.1, 0.15) is 13.8 Å². The van der Waals surface area contributed by atoms with E-state index in [9.17, 15) is 9.59 Å². The molecule has 1 atom stereocenters. The summed E-state index contributed by atoms with van der Waals surface area (Å²) >= 11 is 5.08. The van der Waals surface area contributed by atoms with Crippen LogP contribution in [0, 0.1) is 0 Å². The van der Waals surface area contributed by atoms with Gasteiger partial charge in [0.1, 0.15) is 0 Å². The number of hydrogen-bond donors (Lipinski definition) is 0. The molecule has 76 valence electrons. The van der Waals surface area contributed by atoms with E-state index in [1.54, 1.807) is 6.92 Å². The summed E-state index contributed by atoms with van der Waals surface area (Å²) in [5, 5.41) is 0. The molecule has 0 saturated heterocycles. The summed E-state index contributed by atoms with van der Waals surface area (Å²) in [6.07, 6.45) is -1.97. The Bertz CT molecular complexity index is 182. The highest BCUT2D eigenvalue weighted by molar-refractivity contribution is 6.17. The van der Waals surface area contributed by atoms with E-state index in [2.05, 4.69) is 14.2 Å². The highest BCUT2D eigenvalue weighted by atomic mass is 35.5. The molecule has 5 nitrogen and oxygen atoms in total. The first-order valence-electron chi connectivity index (χ1n) is 3.67. The van der Waals surface area contributed by atoms with Gasteiger partial charge in [-0.1, -0.05) is 11.6 Å². The first-order valence-corrected chi connectivity index (χ1v) is 4.21. The molecular formula is C7H11ClO5. The van der Waals surface area contributed by atoms with E-state index >= 15 is 0 Å². The third kappa shape index (κ3) is 5.30. The summed E-state index contributed by atoms with van der Waals surface area (Å²) < 4.78 is 13.3. The van der Waals surface area contributed by atoms with Crippen molar-refractivity contribution in [3.8, 4) is 0 Å². The van der Waals surface area contributed by atoms with E-state index in [1.807, 2.05) is 0 Å². The van der Waals surface area contributed by atoms with Gasteiger partial charge in [-0.3, -0.25) is 0 Å². The highest BCUT2D eigenvalue weighted by Crippen LogP contribution is 1.98. The largest absolute Gasteiger partial charge is 0.510 e. The normalized spacial score (nSPS) is 11.6. The second kappa shape index (κ2) is 6.54. The van der Waals surface area contributed by atoms with Crippen LogP contribution in [0.2, 0.25) is 0 Å². The molecule has 0 aliphatic heterocycles. The predicted molar refractivity (Wildman–Crippen MR) is 44.4 cm³/mol. The fourth-order valence-corrected chi connectivity index (χ4v) is 0.620. The van der Waals surface area contributed by atoms with Gasteiger partial charge >= 0.3 is 12.1 Å². The lowest BCUT2D eigenvalue weighted by molar-refractivity contribution is -0.153. The van der Waals surface area contributed by atoms with Gasteiger partial charge in [-0.05, 0) is 13.8 Å². The molecule has 0 N–H and O–H groups in total. The maximum absolute atomic E-state index is 10.9. The van der Waals surface area contributed by atoms with Gasteiger partial charge in [0.2, 0.25) is 0 Å². The number of ether oxygens (including phenoxy) is 3. The molecule has 0 aliphatic carbocycles. The Hall–Kier alpha value is -0.970. The molecule has 0 saturated carbocycles. The number of alkyl halides is 1. The molecule has 0 unspecified atom stereocenters. The van der Waals surface area contributed by atoms with E-state index in [1.165, 1.54) is 6.92 Å². The topological polar surface area (TPSA) is 61.8 Å². The van der Waals surface area contributed by atoms with Crippen molar-refractivity contribution in [2.45, 2.75) is 20.0 Å². The molecule has 0 aromatic carbocycles. The second-order valence-corrected chi connectivity index (χ2v) is 2.23. The smallest absolute Gasteiger partial charge is 0.463 e. The van der Waals surface area contributed by atoms with Crippen LogP contribution in [0.3, 0.4) is 0 Å². The monoisotopic (exact) mass is 210 g/mol. The minimum Gasteiger partial charge on any atom is -0.463 e. The van der Waals surface area contributed by atoms with Gasteiger partial charge < -0.3 is 14.2 Å². The predicted octanol–water partition coefficient (Wildman–Crippen LogP) is 1.29. The maximum Gasteiger partial charge on any atom is 0.510 e. The van der Waals surface area contributed by atoms with Gasteiger partial charge in [-0.15, -0.1) is 0 Å². The van der Waals surface area contributed by atoms with E-state index in [0.29, 0.717) is 0 Å². The van der Waals surface area contributed by atoms with Gasteiger partial charge in [0.05, 0.1) is 6.61 Å². The fraction of sp³-hybridized carbons (Fsp3) is 0.714. The zero-order valence-electron chi connectivity index (χ0n) is 7.41. The minimum atomic E-state index is -0.990. The number of halogens is 1. The number of rotatable bonds is 4. The maximum atomic E-state index is 10.9. The number of carbonyl (C=O) groups is 2. The third-order valence-electron chi connectivity index (χ3n) is 1.06. The minimum absolute atomic E-state index is 0.233. The van der Waals surface area contributed by atoms with Crippen molar-refractivity contribution in [1.82, 2.24) is 0 Å². The molecular weight excluding hydrogens is 200 g/mol. The molecule has 0 aromatic heterocycles. The summed E-state index contributed by atoms with van der Waals surface area (Å²) in [4.78, 5) is 21.5. The van der Waals surface area contributed by atoms with Crippen molar-refractivity contribution < 1.29 is 23.8 Å². The Morgan fingerprint density at radius 1 is 1.38 bits per heavy atom. The van der Waals surface area contributed by atoms with E-state index in [4.69, 9.17) is 11.6 Å². The van der Waals surface area contributed by atoms with Crippen molar-refractivity contribution in [3.63, 3.8) is 0 Å². The van der Waals surface area contributed by atoms with Gasteiger partial charge in [-0.2, -0.15) is 0 Å². The highest BCUT2D eigenvalue weighted by Gasteiger charge is 2.19. The van der Waals surface area contributed by atoms with Crippen LogP contribution in [0.4, 0.5) is 4.79 Å². The van der Waals surface area contributed by atoms with Crippen molar-refractivity contribution >= 4 is 23.7 Å². The summed E-state index contributed by atoms with van der Waals surface area (Å²) in [6.45, 7) is 3.27. The lowest BCUT2D eigenvalue weighted by Gasteiger charge is -2.10. The van der Waals surface area contributed by atoms with E-state index in [0.717, 1.165) is 0 Å². The standard InChI is InChI=1S/C7H11ClO5/c1-3-11-6(9)5(2)13-7(10)12-4-8/h5H,3-4H2,1-2H3/t5-/m0/s1. The van der Waals surface area contributed by atoms with Crippen molar-refractivity contribution in [2.24, 2.45) is 0 Å². The van der Waals surface area contributed by atoms with Crippen LogP contribution in [0.5, 0.6) is 0 Å².